The molecule has 0 aromatic heterocycles. The van der Waals surface area contributed by atoms with Crippen LogP contribution in [0.1, 0.15) is 20.3 Å². The van der Waals surface area contributed by atoms with Gasteiger partial charge in [0, 0.05) is 36.2 Å². The van der Waals surface area contributed by atoms with Gasteiger partial charge < -0.3 is 10.2 Å². The van der Waals surface area contributed by atoms with E-state index in [2.05, 4.69) is 66.5 Å². The molecule has 3 rings (SSSR count). The highest BCUT2D eigenvalue weighted by Gasteiger charge is 2.23. The third-order valence-corrected chi connectivity index (χ3v) is 3.86. The van der Waals surface area contributed by atoms with Gasteiger partial charge in [0.2, 0.25) is 0 Å². The molecule has 0 aliphatic carbocycles. The Morgan fingerprint density at radius 1 is 1.11 bits per heavy atom. The Morgan fingerprint density at radius 2 is 1.89 bits per heavy atom. The molecule has 2 nitrogen and oxygen atoms in total. The van der Waals surface area contributed by atoms with Gasteiger partial charge in [-0.05, 0) is 17.9 Å². The summed E-state index contributed by atoms with van der Waals surface area (Å²) < 4.78 is 0. The van der Waals surface area contributed by atoms with Crippen molar-refractivity contribution < 1.29 is 0 Å². The fraction of sp³-hybridized carbons (Fsp3) is 0.412. The summed E-state index contributed by atoms with van der Waals surface area (Å²) in [6.45, 7) is 6.71. The Kier molecular flexibility index (Phi) is 3.43. The van der Waals surface area contributed by atoms with E-state index in [0.29, 0.717) is 12.1 Å². The summed E-state index contributed by atoms with van der Waals surface area (Å²) in [7, 11) is 0. The molecule has 19 heavy (non-hydrogen) atoms. The minimum Gasteiger partial charge on any atom is -0.369 e. The van der Waals surface area contributed by atoms with Crippen LogP contribution in [0.5, 0.6) is 0 Å². The molecule has 1 unspecified atom stereocenters. The van der Waals surface area contributed by atoms with Crippen molar-refractivity contribution in [1.82, 2.24) is 5.32 Å². The van der Waals surface area contributed by atoms with Crippen LogP contribution < -0.4 is 10.2 Å². The molecule has 1 heterocycles. The Hall–Kier alpha value is -1.54. The van der Waals surface area contributed by atoms with Crippen molar-refractivity contribution in [2.24, 2.45) is 0 Å². The molecule has 1 N–H and O–H groups in total. The fourth-order valence-corrected chi connectivity index (χ4v) is 3.07. The average molecular weight is 254 g/mol. The van der Waals surface area contributed by atoms with Crippen LogP contribution >= 0.6 is 0 Å². The first kappa shape index (κ1) is 12.5. The van der Waals surface area contributed by atoms with Crippen LogP contribution in [-0.2, 0) is 0 Å². The lowest BCUT2D eigenvalue weighted by atomic mass is 10.1. The van der Waals surface area contributed by atoms with Crippen LogP contribution in [0.4, 0.5) is 5.69 Å². The van der Waals surface area contributed by atoms with Gasteiger partial charge in [-0.1, -0.05) is 50.2 Å². The monoisotopic (exact) mass is 254 g/mol. The highest BCUT2D eigenvalue weighted by atomic mass is 15.2. The molecule has 2 heteroatoms. The predicted molar refractivity (Wildman–Crippen MR) is 82.8 cm³/mol. The first-order valence-corrected chi connectivity index (χ1v) is 7.23. The minimum absolute atomic E-state index is 0.567. The largest absolute Gasteiger partial charge is 0.369 e. The molecule has 1 atom stereocenters. The van der Waals surface area contributed by atoms with Gasteiger partial charge in [-0.2, -0.15) is 0 Å². The topological polar surface area (TPSA) is 15.3 Å². The van der Waals surface area contributed by atoms with E-state index in [0.717, 1.165) is 13.1 Å². The molecule has 0 spiro atoms. The molecule has 1 saturated heterocycles. The molecule has 0 bridgehead atoms. The second kappa shape index (κ2) is 5.22. The van der Waals surface area contributed by atoms with Crippen LogP contribution in [0.15, 0.2) is 42.5 Å². The number of nitrogens with one attached hydrogen (secondary N) is 1. The smallest absolute Gasteiger partial charge is 0.0446 e. The average Bonchev–Trinajstić information content (AvgIpc) is 2.85. The summed E-state index contributed by atoms with van der Waals surface area (Å²) in [5.41, 5.74) is 1.38. The Balaban J connectivity index is 1.86. The second-order valence-electron chi connectivity index (χ2n) is 5.75. The highest BCUT2D eigenvalue weighted by molar-refractivity contribution is 5.94. The van der Waals surface area contributed by atoms with Crippen LogP contribution in [0.25, 0.3) is 10.8 Å². The van der Waals surface area contributed by atoms with Gasteiger partial charge in [-0.15, -0.1) is 0 Å². The van der Waals surface area contributed by atoms with E-state index < -0.39 is 0 Å². The molecule has 1 aliphatic rings. The Bertz CT molecular complexity index is 557. The SMILES string of the molecule is CC(C)NC1CCN(c2cccc3ccccc23)C1. The van der Waals surface area contributed by atoms with Gasteiger partial charge in [0.05, 0.1) is 0 Å². The maximum Gasteiger partial charge on any atom is 0.0446 e. The summed E-state index contributed by atoms with van der Waals surface area (Å²) in [6, 6.07) is 16.5. The molecule has 0 amide bonds. The lowest BCUT2D eigenvalue weighted by molar-refractivity contribution is 0.492. The van der Waals surface area contributed by atoms with E-state index >= 15 is 0 Å². The van der Waals surface area contributed by atoms with Gasteiger partial charge in [0.25, 0.3) is 0 Å². The normalized spacial score (nSPS) is 19.5. The van der Waals surface area contributed by atoms with Crippen molar-refractivity contribution in [2.75, 3.05) is 18.0 Å². The third-order valence-electron chi connectivity index (χ3n) is 3.86. The Labute approximate surface area is 115 Å². The highest BCUT2D eigenvalue weighted by Crippen LogP contribution is 2.29. The zero-order valence-corrected chi connectivity index (χ0v) is 11.8. The van der Waals surface area contributed by atoms with Gasteiger partial charge in [0.15, 0.2) is 0 Å². The van der Waals surface area contributed by atoms with Gasteiger partial charge >= 0.3 is 0 Å². The standard InChI is InChI=1S/C17H22N2/c1-13(2)18-15-10-11-19(12-15)17-9-5-7-14-6-3-4-8-16(14)17/h3-9,13,15,18H,10-12H2,1-2H3. The molecule has 0 radical (unpaired) electrons. The quantitative estimate of drug-likeness (QED) is 0.903. The van der Waals surface area contributed by atoms with E-state index in [4.69, 9.17) is 0 Å². The summed E-state index contributed by atoms with van der Waals surface area (Å²) in [5.74, 6) is 0. The predicted octanol–water partition coefficient (Wildman–Crippen LogP) is 3.42. The summed E-state index contributed by atoms with van der Waals surface area (Å²) >= 11 is 0. The van der Waals surface area contributed by atoms with Crippen LogP contribution in [-0.4, -0.2) is 25.2 Å². The minimum atomic E-state index is 0.567. The number of nitrogens with zero attached hydrogens (tertiary/aromatic N) is 1. The van der Waals surface area contributed by atoms with Gasteiger partial charge in [0.1, 0.15) is 0 Å². The van der Waals surface area contributed by atoms with Gasteiger partial charge in [-0.3, -0.25) is 0 Å². The van der Waals surface area contributed by atoms with Crippen molar-refractivity contribution in [2.45, 2.75) is 32.4 Å². The first-order chi connectivity index (χ1) is 9.24. The molecule has 2 aromatic carbocycles. The van der Waals surface area contributed by atoms with Crippen molar-refractivity contribution >= 4 is 16.5 Å². The zero-order chi connectivity index (χ0) is 13.2. The summed E-state index contributed by atoms with van der Waals surface area (Å²) in [5, 5.41) is 6.35. The molecule has 1 aliphatic heterocycles. The maximum absolute atomic E-state index is 3.65. The number of fused-ring (bicyclic) bond motifs is 1. The molecule has 0 saturated carbocycles. The number of hydrogen-bond acceptors (Lipinski definition) is 2. The molecular formula is C17H22N2. The van der Waals surface area contributed by atoms with Crippen LogP contribution in [0, 0.1) is 0 Å². The number of anilines is 1. The molecule has 1 fully saturated rings. The van der Waals surface area contributed by atoms with E-state index in [9.17, 15) is 0 Å². The van der Waals surface area contributed by atoms with E-state index in [1.807, 2.05) is 0 Å². The van der Waals surface area contributed by atoms with E-state index in [1.54, 1.807) is 0 Å². The zero-order valence-electron chi connectivity index (χ0n) is 11.8. The van der Waals surface area contributed by atoms with Gasteiger partial charge in [-0.25, -0.2) is 0 Å². The van der Waals surface area contributed by atoms with E-state index in [-0.39, 0.29) is 0 Å². The second-order valence-corrected chi connectivity index (χ2v) is 5.75. The Morgan fingerprint density at radius 3 is 2.74 bits per heavy atom. The lowest BCUT2D eigenvalue weighted by Gasteiger charge is -2.21. The van der Waals surface area contributed by atoms with Crippen LogP contribution in [0.3, 0.4) is 0 Å². The van der Waals surface area contributed by atoms with Crippen molar-refractivity contribution in [3.05, 3.63) is 42.5 Å². The van der Waals surface area contributed by atoms with Crippen molar-refractivity contribution in [1.29, 1.82) is 0 Å². The lowest BCUT2D eigenvalue weighted by Crippen LogP contribution is -2.37. The third kappa shape index (κ3) is 2.59. The van der Waals surface area contributed by atoms with Crippen LogP contribution in [0.2, 0.25) is 0 Å². The van der Waals surface area contributed by atoms with Crippen molar-refractivity contribution in [3.8, 4) is 0 Å². The fourth-order valence-electron chi connectivity index (χ4n) is 3.07. The number of hydrogen-bond donors (Lipinski definition) is 1. The molecule has 100 valence electrons. The summed E-state index contributed by atoms with van der Waals surface area (Å²) in [6.07, 6.45) is 1.24. The number of rotatable bonds is 3. The van der Waals surface area contributed by atoms with E-state index in [1.165, 1.54) is 22.9 Å². The molecule has 2 aromatic rings. The number of benzene rings is 2. The first-order valence-electron chi connectivity index (χ1n) is 7.23. The summed E-state index contributed by atoms with van der Waals surface area (Å²) in [4.78, 5) is 2.52. The maximum atomic E-state index is 3.65. The van der Waals surface area contributed by atoms with Crippen molar-refractivity contribution in [3.63, 3.8) is 0 Å². The molecular weight excluding hydrogens is 232 g/mol.